The zero-order chi connectivity index (χ0) is 31.8. The first-order valence-electron chi connectivity index (χ1n) is 15.6. The summed E-state index contributed by atoms with van der Waals surface area (Å²) in [6.07, 6.45) is 1.01. The van der Waals surface area contributed by atoms with Crippen LogP contribution in [0.15, 0.2) is 18.2 Å². The smallest absolute Gasteiger partial charge is 0.307 e. The minimum absolute atomic E-state index is 0.0989. The lowest BCUT2D eigenvalue weighted by Crippen LogP contribution is -2.46. The number of aromatic nitrogens is 2. The van der Waals surface area contributed by atoms with Crippen molar-refractivity contribution in [2.75, 3.05) is 13.7 Å². The minimum Gasteiger partial charge on any atom is -0.497 e. The largest absolute Gasteiger partial charge is 0.497 e. The quantitative estimate of drug-likeness (QED) is 0.325. The molecule has 2 aliphatic heterocycles. The minimum atomic E-state index is -2.72. The molecule has 1 aromatic heterocycles. The molecule has 1 saturated heterocycles. The number of rotatable bonds is 4. The molecule has 3 aliphatic rings. The Morgan fingerprint density at radius 2 is 1.93 bits per heavy atom. The lowest BCUT2D eigenvalue weighted by Gasteiger charge is -2.34. The van der Waals surface area contributed by atoms with Crippen LogP contribution < -0.4 is 9.47 Å². The van der Waals surface area contributed by atoms with E-state index in [4.69, 9.17) is 24.2 Å². The molecule has 3 heterocycles. The van der Waals surface area contributed by atoms with Crippen molar-refractivity contribution in [1.29, 1.82) is 0 Å². The number of halogens is 2. The van der Waals surface area contributed by atoms with E-state index in [1.807, 2.05) is 33.8 Å². The lowest BCUT2D eigenvalue weighted by atomic mass is 9.77. The molecule has 0 N–H and O–H groups in total. The number of esters is 1. The molecule has 2 aromatic rings. The molecule has 11 heteroatoms. The first-order valence-corrected chi connectivity index (χ1v) is 15.6. The van der Waals surface area contributed by atoms with Gasteiger partial charge in [0, 0.05) is 24.3 Å². The Hall–Kier alpha value is -3.37. The highest BCUT2D eigenvalue weighted by Crippen LogP contribution is 2.50. The van der Waals surface area contributed by atoms with Gasteiger partial charge in [-0.2, -0.15) is 0 Å². The molecule has 0 radical (unpaired) electrons. The number of hydrogen-bond acceptors (Lipinski definition) is 8. The number of methoxy groups -OCH3 is 1. The molecule has 1 aromatic carbocycles. The Kier molecular flexibility index (Phi) is 9.14. The highest BCUT2D eigenvalue weighted by molar-refractivity contribution is 5.87. The number of carbonyl (C=O) groups excluding carboxylic acids is 3. The van der Waals surface area contributed by atoms with Gasteiger partial charge >= 0.3 is 5.97 Å². The van der Waals surface area contributed by atoms with Gasteiger partial charge in [0.25, 0.3) is 0 Å². The Labute approximate surface area is 257 Å². The number of nitrogens with zero attached hydrogens (tertiary/aromatic N) is 3. The van der Waals surface area contributed by atoms with Crippen LogP contribution in [0.5, 0.6) is 11.6 Å². The van der Waals surface area contributed by atoms with Crippen molar-refractivity contribution in [2.24, 2.45) is 23.2 Å². The summed E-state index contributed by atoms with van der Waals surface area (Å²) in [4.78, 5) is 50.7. The number of aldehydes is 1. The predicted octanol–water partition coefficient (Wildman–Crippen LogP) is 5.56. The van der Waals surface area contributed by atoms with E-state index in [1.54, 1.807) is 19.2 Å². The van der Waals surface area contributed by atoms with Crippen molar-refractivity contribution in [3.05, 3.63) is 23.9 Å². The zero-order valence-electron chi connectivity index (χ0n) is 26.2. The van der Waals surface area contributed by atoms with Crippen LogP contribution in [0.2, 0.25) is 0 Å². The van der Waals surface area contributed by atoms with Crippen LogP contribution in [-0.2, 0) is 25.5 Å². The molecule has 1 amide bonds. The Morgan fingerprint density at radius 3 is 2.61 bits per heavy atom. The van der Waals surface area contributed by atoms with Crippen molar-refractivity contribution in [2.45, 2.75) is 103 Å². The second-order valence-electron chi connectivity index (χ2n) is 13.8. The number of fused-ring (bicyclic) bond motifs is 5. The maximum atomic E-state index is 14.1. The second kappa shape index (κ2) is 12.6. The average molecular weight is 616 g/mol. The van der Waals surface area contributed by atoms with Crippen LogP contribution in [0.4, 0.5) is 8.78 Å². The number of alkyl halides is 2. The van der Waals surface area contributed by atoms with Crippen molar-refractivity contribution in [3.8, 4) is 11.6 Å². The summed E-state index contributed by atoms with van der Waals surface area (Å²) in [7, 11) is 1.55. The number of ether oxygens (including phenoxy) is 3. The SMILES string of the molecule is COc1ccc2nc3c(nc2c1)O[C@H]1CN(C(=O)[C@H](C(C)(C)C)CC(=O)O[C@]2(C)C[C@H]2CCCCC3)[C@H](C=O)[C@@H]1CC(F)F. The van der Waals surface area contributed by atoms with Crippen molar-refractivity contribution in [3.63, 3.8) is 0 Å². The molecule has 1 saturated carbocycles. The molecule has 240 valence electrons. The van der Waals surface area contributed by atoms with E-state index in [0.29, 0.717) is 35.2 Å². The summed E-state index contributed by atoms with van der Waals surface area (Å²) in [5, 5.41) is 0. The number of carbonyl (C=O) groups is 3. The molecule has 9 nitrogen and oxygen atoms in total. The van der Waals surface area contributed by atoms with Crippen molar-refractivity contribution in [1.82, 2.24) is 14.9 Å². The standard InChI is InChI=1S/C33H43F2N3O6/c1-32(2,3)22-15-29(40)44-33(4)16-19(33)9-7-6-8-10-24-30(37-25-13-20(42-5)11-12-23(25)36-24)43-27-17-38(31(22)41)26(18-39)21(27)14-28(34)35/h11-13,18-19,21-22,26-28H,6-10,14-17H2,1-5H3/t19-,21+,22-,26-,27+,33-/m1/s1. The van der Waals surface area contributed by atoms with E-state index >= 15 is 0 Å². The highest BCUT2D eigenvalue weighted by Gasteiger charge is 2.54. The Morgan fingerprint density at radius 1 is 1.16 bits per heavy atom. The van der Waals surface area contributed by atoms with Crippen LogP contribution in [0.25, 0.3) is 11.0 Å². The number of aryl methyl sites for hydroxylation is 1. The first kappa shape index (κ1) is 32.0. The highest BCUT2D eigenvalue weighted by atomic mass is 19.3. The summed E-state index contributed by atoms with van der Waals surface area (Å²) in [5.74, 6) is -1.67. The van der Waals surface area contributed by atoms with E-state index in [-0.39, 0.29) is 24.8 Å². The summed E-state index contributed by atoms with van der Waals surface area (Å²) in [5.41, 5.74) is 0.558. The van der Waals surface area contributed by atoms with E-state index in [1.165, 1.54) is 4.90 Å². The normalized spacial score (nSPS) is 30.1. The van der Waals surface area contributed by atoms with Crippen LogP contribution in [-0.4, -0.2) is 70.9 Å². The van der Waals surface area contributed by atoms with Crippen LogP contribution in [0.1, 0.15) is 78.3 Å². The van der Waals surface area contributed by atoms with Gasteiger partial charge in [-0.15, -0.1) is 0 Å². The second-order valence-corrected chi connectivity index (χ2v) is 13.8. The first-order chi connectivity index (χ1) is 20.8. The fourth-order valence-corrected chi connectivity index (χ4v) is 6.77. The molecule has 0 spiro atoms. The predicted molar refractivity (Wildman–Crippen MR) is 159 cm³/mol. The molecule has 2 bridgehead atoms. The summed E-state index contributed by atoms with van der Waals surface area (Å²) in [6.45, 7) is 7.38. The van der Waals surface area contributed by atoms with Crippen LogP contribution in [0.3, 0.4) is 0 Å². The monoisotopic (exact) mass is 615 g/mol. The molecule has 0 unspecified atom stereocenters. The van der Waals surface area contributed by atoms with Gasteiger partial charge in [-0.1, -0.05) is 33.6 Å². The van der Waals surface area contributed by atoms with Gasteiger partial charge in [-0.25, -0.2) is 18.7 Å². The molecule has 5 rings (SSSR count). The fourth-order valence-electron chi connectivity index (χ4n) is 6.77. The summed E-state index contributed by atoms with van der Waals surface area (Å²) in [6, 6.07) is 4.19. The maximum absolute atomic E-state index is 14.1. The van der Waals surface area contributed by atoms with Gasteiger partial charge < -0.3 is 23.9 Å². The van der Waals surface area contributed by atoms with Gasteiger partial charge in [0.2, 0.25) is 18.2 Å². The number of hydrogen-bond donors (Lipinski definition) is 0. The van der Waals surface area contributed by atoms with E-state index in [0.717, 1.165) is 32.1 Å². The topological polar surface area (TPSA) is 108 Å². The fraction of sp³-hybridized carbons (Fsp3) is 0.667. The Bertz CT molecular complexity index is 1400. The van der Waals surface area contributed by atoms with Crippen molar-refractivity contribution >= 4 is 29.2 Å². The van der Waals surface area contributed by atoms with E-state index in [2.05, 4.69) is 0 Å². The van der Waals surface area contributed by atoms with Crippen molar-refractivity contribution < 1.29 is 37.4 Å². The average Bonchev–Trinajstić information content (AvgIpc) is 3.46. The number of benzene rings is 1. The molecule has 2 fully saturated rings. The summed E-state index contributed by atoms with van der Waals surface area (Å²) < 4.78 is 45.5. The molecule has 44 heavy (non-hydrogen) atoms. The van der Waals surface area contributed by atoms with Gasteiger partial charge in [0.1, 0.15) is 29.4 Å². The maximum Gasteiger partial charge on any atom is 0.307 e. The molecule has 1 aliphatic carbocycles. The molecular weight excluding hydrogens is 572 g/mol. The van der Waals surface area contributed by atoms with Gasteiger partial charge in [-0.3, -0.25) is 9.59 Å². The van der Waals surface area contributed by atoms with Gasteiger partial charge in [0.05, 0.1) is 43.1 Å². The third-order valence-corrected chi connectivity index (χ3v) is 9.58. The summed E-state index contributed by atoms with van der Waals surface area (Å²) >= 11 is 0. The van der Waals surface area contributed by atoms with E-state index in [9.17, 15) is 23.2 Å². The van der Waals surface area contributed by atoms with Crippen LogP contribution >= 0.6 is 0 Å². The third kappa shape index (κ3) is 6.81. The third-order valence-electron chi connectivity index (χ3n) is 9.58. The van der Waals surface area contributed by atoms with Gasteiger partial charge in [-0.05, 0) is 50.2 Å². The molecule has 6 atom stereocenters. The lowest BCUT2D eigenvalue weighted by molar-refractivity contribution is -0.158. The molecular formula is C33H43F2N3O6. The van der Waals surface area contributed by atoms with E-state index < -0.39 is 59.7 Å². The zero-order valence-corrected chi connectivity index (χ0v) is 26.2. The Balaban J connectivity index is 1.55. The van der Waals surface area contributed by atoms with Gasteiger partial charge in [0.15, 0.2) is 0 Å². The van der Waals surface area contributed by atoms with Crippen LogP contribution in [0, 0.1) is 23.2 Å². The number of amides is 1.